The van der Waals surface area contributed by atoms with Gasteiger partial charge >= 0.3 is 0 Å². The summed E-state index contributed by atoms with van der Waals surface area (Å²) in [5, 5.41) is 3.72. The van der Waals surface area contributed by atoms with Gasteiger partial charge in [-0.15, -0.1) is 0 Å². The molecule has 4 nitrogen and oxygen atoms in total. The van der Waals surface area contributed by atoms with Gasteiger partial charge in [-0.2, -0.15) is 0 Å². The number of aromatic nitrogens is 2. The topological polar surface area (TPSA) is 54.9 Å². The van der Waals surface area contributed by atoms with Crippen molar-refractivity contribution in [3.8, 4) is 0 Å². The lowest BCUT2D eigenvalue weighted by atomic mass is 10.0. The lowest BCUT2D eigenvalue weighted by Gasteiger charge is -2.14. The first-order valence-electron chi connectivity index (χ1n) is 7.88. The molecule has 1 amide bonds. The third kappa shape index (κ3) is 4.79. The lowest BCUT2D eigenvalue weighted by molar-refractivity contribution is 0.0949. The molecule has 0 aliphatic rings. The second-order valence-electron chi connectivity index (χ2n) is 5.49. The number of nitrogens with zero attached hydrogens (tertiary/aromatic N) is 2. The van der Waals surface area contributed by atoms with E-state index in [1.807, 2.05) is 24.5 Å². The molecule has 0 bridgehead atoms. The van der Waals surface area contributed by atoms with Crippen LogP contribution in [0.25, 0.3) is 0 Å². The van der Waals surface area contributed by atoms with Crippen LogP contribution in [-0.4, -0.2) is 28.7 Å². The molecule has 0 unspecified atom stereocenters. The summed E-state index contributed by atoms with van der Waals surface area (Å²) in [4.78, 5) is 21.2. The Morgan fingerprint density at radius 3 is 2.70 bits per heavy atom. The van der Waals surface area contributed by atoms with E-state index in [0.29, 0.717) is 17.3 Å². The van der Waals surface area contributed by atoms with Crippen LogP contribution in [0.15, 0.2) is 41.7 Å². The molecule has 1 aromatic heterocycles. The Morgan fingerprint density at radius 2 is 2.04 bits per heavy atom. The van der Waals surface area contributed by atoms with E-state index in [-0.39, 0.29) is 11.8 Å². The average Bonchev–Trinajstić information content (AvgIpc) is 2.60. The van der Waals surface area contributed by atoms with Crippen molar-refractivity contribution < 1.29 is 4.79 Å². The maximum atomic E-state index is 12.5. The molecule has 0 saturated heterocycles. The van der Waals surface area contributed by atoms with E-state index in [2.05, 4.69) is 41.3 Å². The van der Waals surface area contributed by atoms with Crippen LogP contribution in [0.2, 0.25) is 0 Å². The zero-order valence-electron chi connectivity index (χ0n) is 13.9. The minimum Gasteiger partial charge on any atom is -0.351 e. The van der Waals surface area contributed by atoms with Crippen LogP contribution in [0.1, 0.15) is 47.8 Å². The summed E-state index contributed by atoms with van der Waals surface area (Å²) in [7, 11) is 0. The molecule has 1 atom stereocenters. The molecule has 2 rings (SSSR count). The number of amides is 1. The Bertz CT molecular complexity index is 646. The van der Waals surface area contributed by atoms with E-state index in [1.54, 1.807) is 6.20 Å². The monoisotopic (exact) mass is 329 g/mol. The van der Waals surface area contributed by atoms with Gasteiger partial charge in [-0.25, -0.2) is 9.97 Å². The van der Waals surface area contributed by atoms with E-state index in [1.165, 1.54) is 17.3 Å². The van der Waals surface area contributed by atoms with E-state index in [4.69, 9.17) is 0 Å². The van der Waals surface area contributed by atoms with Crippen LogP contribution in [0.4, 0.5) is 0 Å². The molecule has 0 radical (unpaired) electrons. The number of carbonyl (C=O) groups is 1. The largest absolute Gasteiger partial charge is 0.351 e. The molecule has 0 spiro atoms. The van der Waals surface area contributed by atoms with Crippen molar-refractivity contribution in [2.45, 2.75) is 37.8 Å². The Hall–Kier alpha value is -1.88. The fourth-order valence-electron chi connectivity index (χ4n) is 2.35. The van der Waals surface area contributed by atoms with Crippen LogP contribution in [0.5, 0.6) is 0 Å². The normalized spacial score (nSPS) is 12.0. The Morgan fingerprint density at radius 1 is 1.30 bits per heavy atom. The third-order valence-corrected chi connectivity index (χ3v) is 4.26. The lowest BCUT2D eigenvalue weighted by Crippen LogP contribution is -2.29. The number of hydrogen-bond donors (Lipinski definition) is 1. The molecule has 122 valence electrons. The highest BCUT2D eigenvalue weighted by molar-refractivity contribution is 7.98. The molecule has 1 N–H and O–H groups in total. The number of thioether (sulfide) groups is 1. The first kappa shape index (κ1) is 17.5. The quantitative estimate of drug-likeness (QED) is 0.622. The van der Waals surface area contributed by atoms with Crippen molar-refractivity contribution in [2.75, 3.05) is 12.8 Å². The van der Waals surface area contributed by atoms with Gasteiger partial charge < -0.3 is 5.32 Å². The van der Waals surface area contributed by atoms with E-state index in [9.17, 15) is 4.79 Å². The second-order valence-corrected chi connectivity index (χ2v) is 6.26. The Kier molecular flexibility index (Phi) is 6.59. The molecule has 0 aliphatic carbocycles. The number of rotatable bonds is 7. The van der Waals surface area contributed by atoms with Gasteiger partial charge in [0.25, 0.3) is 5.91 Å². The first-order chi connectivity index (χ1) is 11.2. The van der Waals surface area contributed by atoms with E-state index >= 15 is 0 Å². The highest BCUT2D eigenvalue weighted by Gasteiger charge is 2.15. The number of nitrogens with one attached hydrogen (secondary N) is 1. The van der Waals surface area contributed by atoms with Crippen LogP contribution in [-0.2, 0) is 6.42 Å². The third-order valence-electron chi connectivity index (χ3n) is 3.70. The number of carbonyl (C=O) groups excluding carboxylic acids is 1. The van der Waals surface area contributed by atoms with Crippen molar-refractivity contribution in [3.63, 3.8) is 0 Å². The molecular formula is C18H23N3OS. The second kappa shape index (κ2) is 8.67. The molecular weight excluding hydrogens is 306 g/mol. The predicted octanol–water partition coefficient (Wildman–Crippen LogP) is 3.68. The van der Waals surface area contributed by atoms with Gasteiger partial charge in [-0.1, -0.05) is 62.4 Å². The van der Waals surface area contributed by atoms with Gasteiger partial charge in [-0.3, -0.25) is 4.79 Å². The van der Waals surface area contributed by atoms with Crippen molar-refractivity contribution >= 4 is 17.7 Å². The SMILES string of the molecule is CCCc1nc(SC)ncc1C(=O)NC[C@H](C)c1ccccc1. The van der Waals surface area contributed by atoms with Gasteiger partial charge in [0.05, 0.1) is 11.3 Å². The molecule has 0 aliphatic heterocycles. The number of benzene rings is 1. The molecule has 5 heteroatoms. The van der Waals surface area contributed by atoms with Crippen LogP contribution in [0.3, 0.4) is 0 Å². The van der Waals surface area contributed by atoms with E-state index in [0.717, 1.165) is 18.5 Å². The van der Waals surface area contributed by atoms with Crippen LogP contribution in [0, 0.1) is 0 Å². The zero-order chi connectivity index (χ0) is 16.7. The summed E-state index contributed by atoms with van der Waals surface area (Å²) in [6.07, 6.45) is 5.32. The average molecular weight is 329 g/mol. The molecule has 23 heavy (non-hydrogen) atoms. The summed E-state index contributed by atoms with van der Waals surface area (Å²) in [6, 6.07) is 10.2. The number of aryl methyl sites for hydroxylation is 1. The molecule has 1 heterocycles. The molecule has 0 fully saturated rings. The van der Waals surface area contributed by atoms with Gasteiger partial charge in [-0.05, 0) is 24.2 Å². The highest BCUT2D eigenvalue weighted by atomic mass is 32.2. The maximum absolute atomic E-state index is 12.5. The summed E-state index contributed by atoms with van der Waals surface area (Å²) < 4.78 is 0. The van der Waals surface area contributed by atoms with Crippen molar-refractivity contribution in [1.29, 1.82) is 0 Å². The summed E-state index contributed by atoms with van der Waals surface area (Å²) in [5.74, 6) is 0.171. The first-order valence-corrected chi connectivity index (χ1v) is 9.11. The summed E-state index contributed by atoms with van der Waals surface area (Å²) in [6.45, 7) is 4.79. The van der Waals surface area contributed by atoms with Crippen molar-refractivity contribution in [1.82, 2.24) is 15.3 Å². The molecule has 2 aromatic rings. The van der Waals surface area contributed by atoms with E-state index < -0.39 is 0 Å². The van der Waals surface area contributed by atoms with Crippen LogP contribution < -0.4 is 5.32 Å². The fraction of sp³-hybridized carbons (Fsp3) is 0.389. The smallest absolute Gasteiger partial charge is 0.254 e. The highest BCUT2D eigenvalue weighted by Crippen LogP contribution is 2.16. The Balaban J connectivity index is 2.05. The predicted molar refractivity (Wildman–Crippen MR) is 95.0 cm³/mol. The summed E-state index contributed by atoms with van der Waals surface area (Å²) in [5.41, 5.74) is 2.64. The fourth-order valence-corrected chi connectivity index (χ4v) is 2.71. The molecule has 1 aromatic carbocycles. The Labute approximate surface area is 142 Å². The minimum atomic E-state index is -0.0936. The van der Waals surface area contributed by atoms with Crippen LogP contribution >= 0.6 is 11.8 Å². The zero-order valence-corrected chi connectivity index (χ0v) is 14.7. The minimum absolute atomic E-state index is 0.0936. The van der Waals surface area contributed by atoms with Gasteiger partial charge in [0.2, 0.25) is 0 Å². The number of hydrogen-bond acceptors (Lipinski definition) is 4. The van der Waals surface area contributed by atoms with Crippen molar-refractivity contribution in [3.05, 3.63) is 53.3 Å². The maximum Gasteiger partial charge on any atom is 0.254 e. The van der Waals surface area contributed by atoms with Gasteiger partial charge in [0, 0.05) is 12.7 Å². The summed E-state index contributed by atoms with van der Waals surface area (Å²) >= 11 is 1.49. The van der Waals surface area contributed by atoms with Crippen molar-refractivity contribution in [2.24, 2.45) is 0 Å². The standard InChI is InChI=1S/C18H23N3OS/c1-4-8-16-15(12-20-18(21-16)23-3)17(22)19-11-13(2)14-9-6-5-7-10-14/h5-7,9-10,12-13H,4,8,11H2,1-3H3,(H,19,22)/t13-/m0/s1. The van der Waals surface area contributed by atoms with Gasteiger partial charge in [0.1, 0.15) is 0 Å². The molecule has 0 saturated carbocycles. The van der Waals surface area contributed by atoms with Gasteiger partial charge in [0.15, 0.2) is 5.16 Å².